The van der Waals surface area contributed by atoms with E-state index in [1.165, 1.54) is 0 Å². The maximum atomic E-state index is 11.6. The minimum Gasteiger partial charge on any atom is -0.355 e. The molecule has 0 aromatic carbocycles. The maximum absolute atomic E-state index is 11.6. The van der Waals surface area contributed by atoms with Crippen LogP contribution in [0.15, 0.2) is 0 Å². The molecule has 0 saturated carbocycles. The number of carbonyl (C=O) groups is 2. The van der Waals surface area contributed by atoms with Gasteiger partial charge in [-0.15, -0.1) is 0 Å². The number of hydrogen-bond acceptors (Lipinski definition) is 3. The van der Waals surface area contributed by atoms with E-state index in [4.69, 9.17) is 5.73 Å². The van der Waals surface area contributed by atoms with Crippen molar-refractivity contribution in [1.82, 2.24) is 10.6 Å². The van der Waals surface area contributed by atoms with E-state index in [1.807, 2.05) is 6.92 Å². The molecule has 5 heteroatoms. The molecule has 1 unspecified atom stereocenters. The molecular formula is C14H29N3O2. The molecule has 0 heterocycles. The van der Waals surface area contributed by atoms with Gasteiger partial charge in [-0.2, -0.15) is 0 Å². The van der Waals surface area contributed by atoms with E-state index in [0.717, 1.165) is 32.1 Å². The third kappa shape index (κ3) is 10.5. The van der Waals surface area contributed by atoms with Gasteiger partial charge in [0.05, 0.1) is 6.54 Å². The third-order valence-corrected chi connectivity index (χ3v) is 3.07. The molecule has 0 aromatic rings. The number of nitrogens with two attached hydrogens (primary N) is 1. The Balaban J connectivity index is 3.75. The van der Waals surface area contributed by atoms with Gasteiger partial charge in [-0.25, -0.2) is 0 Å². The molecule has 2 amide bonds. The van der Waals surface area contributed by atoms with Gasteiger partial charge in [-0.05, 0) is 31.7 Å². The highest BCUT2D eigenvalue weighted by Gasteiger charge is 2.10. The summed E-state index contributed by atoms with van der Waals surface area (Å²) in [5.41, 5.74) is 5.56. The lowest BCUT2D eigenvalue weighted by Gasteiger charge is -2.14. The van der Waals surface area contributed by atoms with Gasteiger partial charge in [-0.1, -0.05) is 26.7 Å². The molecule has 0 spiro atoms. The fourth-order valence-electron chi connectivity index (χ4n) is 2.01. The number of rotatable bonds is 11. The van der Waals surface area contributed by atoms with E-state index < -0.39 is 0 Å². The first kappa shape index (κ1) is 17.9. The molecule has 0 aliphatic rings. The Morgan fingerprint density at radius 3 is 2.32 bits per heavy atom. The summed E-state index contributed by atoms with van der Waals surface area (Å²) in [5.74, 6) is 0.349. The van der Waals surface area contributed by atoms with Crippen LogP contribution in [0.3, 0.4) is 0 Å². The molecule has 5 nitrogen and oxygen atoms in total. The summed E-state index contributed by atoms with van der Waals surface area (Å²) in [7, 11) is 0. The van der Waals surface area contributed by atoms with E-state index in [2.05, 4.69) is 17.6 Å². The molecule has 112 valence electrons. The van der Waals surface area contributed by atoms with Crippen molar-refractivity contribution in [2.45, 2.75) is 52.4 Å². The standard InChI is InChI=1S/C14H29N3O2/c1-3-5-12(8-9-15)6-7-13(18)17-11-14(19)16-10-4-2/h12H,3-11,15H2,1-2H3,(H,16,19)(H,17,18). The highest BCUT2D eigenvalue weighted by Crippen LogP contribution is 2.16. The SMILES string of the molecule is CCCNC(=O)CNC(=O)CCC(CCC)CCN. The Labute approximate surface area is 116 Å². The Morgan fingerprint density at radius 1 is 1.00 bits per heavy atom. The van der Waals surface area contributed by atoms with Gasteiger partial charge in [-0.3, -0.25) is 9.59 Å². The second kappa shape index (κ2) is 12.0. The lowest BCUT2D eigenvalue weighted by atomic mass is 9.94. The number of hydrogen-bond donors (Lipinski definition) is 3. The van der Waals surface area contributed by atoms with E-state index in [1.54, 1.807) is 0 Å². The minimum atomic E-state index is -0.123. The van der Waals surface area contributed by atoms with Crippen molar-refractivity contribution in [3.05, 3.63) is 0 Å². The zero-order chi connectivity index (χ0) is 14.5. The van der Waals surface area contributed by atoms with Crippen LogP contribution >= 0.6 is 0 Å². The Morgan fingerprint density at radius 2 is 1.74 bits per heavy atom. The number of amides is 2. The second-order valence-electron chi connectivity index (χ2n) is 4.90. The summed E-state index contributed by atoms with van der Waals surface area (Å²) in [6.45, 7) is 5.54. The summed E-state index contributed by atoms with van der Waals surface area (Å²) in [5, 5.41) is 5.37. The lowest BCUT2D eigenvalue weighted by Crippen LogP contribution is -2.37. The lowest BCUT2D eigenvalue weighted by molar-refractivity contribution is -0.126. The van der Waals surface area contributed by atoms with Crippen LogP contribution in [0.2, 0.25) is 0 Å². The molecule has 0 bridgehead atoms. The first-order chi connectivity index (χ1) is 9.13. The minimum absolute atomic E-state index is 0.0511. The van der Waals surface area contributed by atoms with Gasteiger partial charge in [0.25, 0.3) is 0 Å². The average molecular weight is 271 g/mol. The first-order valence-electron chi connectivity index (χ1n) is 7.37. The van der Waals surface area contributed by atoms with Crippen LogP contribution in [-0.2, 0) is 9.59 Å². The van der Waals surface area contributed by atoms with Crippen molar-refractivity contribution in [2.75, 3.05) is 19.6 Å². The van der Waals surface area contributed by atoms with Gasteiger partial charge >= 0.3 is 0 Å². The molecular weight excluding hydrogens is 242 g/mol. The van der Waals surface area contributed by atoms with Gasteiger partial charge in [0.2, 0.25) is 11.8 Å². The van der Waals surface area contributed by atoms with Gasteiger partial charge in [0.1, 0.15) is 0 Å². The van der Waals surface area contributed by atoms with Crippen molar-refractivity contribution in [1.29, 1.82) is 0 Å². The van der Waals surface area contributed by atoms with E-state index in [0.29, 0.717) is 25.4 Å². The fourth-order valence-corrected chi connectivity index (χ4v) is 2.01. The summed E-state index contributed by atoms with van der Waals surface area (Å²) in [4.78, 5) is 22.9. The molecule has 0 aliphatic carbocycles. The molecule has 0 fully saturated rings. The quantitative estimate of drug-likeness (QED) is 0.527. The zero-order valence-corrected chi connectivity index (χ0v) is 12.3. The van der Waals surface area contributed by atoms with Gasteiger partial charge in [0, 0.05) is 13.0 Å². The Hall–Kier alpha value is -1.10. The molecule has 0 aliphatic heterocycles. The summed E-state index contributed by atoms with van der Waals surface area (Å²) >= 11 is 0. The summed E-state index contributed by atoms with van der Waals surface area (Å²) in [6, 6.07) is 0. The molecule has 0 radical (unpaired) electrons. The molecule has 0 saturated heterocycles. The topological polar surface area (TPSA) is 84.2 Å². The zero-order valence-electron chi connectivity index (χ0n) is 12.3. The van der Waals surface area contributed by atoms with Crippen molar-refractivity contribution < 1.29 is 9.59 Å². The molecule has 0 rings (SSSR count). The highest BCUT2D eigenvalue weighted by atomic mass is 16.2. The Bertz CT molecular complexity index is 251. The second-order valence-corrected chi connectivity index (χ2v) is 4.90. The van der Waals surface area contributed by atoms with Crippen LogP contribution in [0.4, 0.5) is 0 Å². The van der Waals surface area contributed by atoms with E-state index in [-0.39, 0.29) is 18.4 Å². The van der Waals surface area contributed by atoms with Crippen molar-refractivity contribution in [2.24, 2.45) is 11.7 Å². The van der Waals surface area contributed by atoms with Crippen LogP contribution in [0.1, 0.15) is 52.4 Å². The maximum Gasteiger partial charge on any atom is 0.239 e. The van der Waals surface area contributed by atoms with Crippen molar-refractivity contribution in [3.63, 3.8) is 0 Å². The fraction of sp³-hybridized carbons (Fsp3) is 0.857. The summed E-state index contributed by atoms with van der Waals surface area (Å²) in [6.07, 6.45) is 5.43. The highest BCUT2D eigenvalue weighted by molar-refractivity contribution is 5.84. The smallest absolute Gasteiger partial charge is 0.239 e. The number of nitrogens with one attached hydrogen (secondary N) is 2. The number of carbonyl (C=O) groups excluding carboxylic acids is 2. The average Bonchev–Trinajstić information content (AvgIpc) is 2.40. The van der Waals surface area contributed by atoms with Gasteiger partial charge < -0.3 is 16.4 Å². The molecule has 1 atom stereocenters. The predicted octanol–water partition coefficient (Wildman–Crippen LogP) is 1.17. The van der Waals surface area contributed by atoms with Crippen molar-refractivity contribution >= 4 is 11.8 Å². The molecule has 19 heavy (non-hydrogen) atoms. The summed E-state index contributed by atoms with van der Waals surface area (Å²) < 4.78 is 0. The van der Waals surface area contributed by atoms with Crippen LogP contribution in [0.5, 0.6) is 0 Å². The van der Waals surface area contributed by atoms with E-state index in [9.17, 15) is 9.59 Å². The largest absolute Gasteiger partial charge is 0.355 e. The van der Waals surface area contributed by atoms with E-state index >= 15 is 0 Å². The predicted molar refractivity (Wildman–Crippen MR) is 77.6 cm³/mol. The van der Waals surface area contributed by atoms with Crippen LogP contribution < -0.4 is 16.4 Å². The van der Waals surface area contributed by atoms with Crippen molar-refractivity contribution in [3.8, 4) is 0 Å². The molecule has 4 N–H and O–H groups in total. The normalized spacial score (nSPS) is 11.9. The monoisotopic (exact) mass is 271 g/mol. The Kier molecular flexibility index (Phi) is 11.3. The third-order valence-electron chi connectivity index (χ3n) is 3.07. The molecule has 0 aromatic heterocycles. The van der Waals surface area contributed by atoms with Gasteiger partial charge in [0.15, 0.2) is 0 Å². The van der Waals surface area contributed by atoms with Crippen LogP contribution in [0, 0.1) is 5.92 Å². The van der Waals surface area contributed by atoms with Crippen LogP contribution in [0.25, 0.3) is 0 Å². The van der Waals surface area contributed by atoms with Crippen LogP contribution in [-0.4, -0.2) is 31.4 Å². The first-order valence-corrected chi connectivity index (χ1v) is 7.37.